The summed E-state index contributed by atoms with van der Waals surface area (Å²) in [6, 6.07) is 7.08. The monoisotopic (exact) mass is 384 g/mol. The highest BCUT2D eigenvalue weighted by Crippen LogP contribution is 2.22. The van der Waals surface area contributed by atoms with Crippen LogP contribution in [-0.2, 0) is 0 Å². The average molecular weight is 385 g/mol. The first kappa shape index (κ1) is 17.0. The molecular formula is C17H13ClN6O3. The molecule has 4 aromatic rings. The number of halogens is 1. The molecule has 0 amide bonds. The van der Waals surface area contributed by atoms with E-state index in [9.17, 15) is 9.59 Å². The van der Waals surface area contributed by atoms with Gasteiger partial charge in [-0.3, -0.25) is 14.5 Å². The van der Waals surface area contributed by atoms with Gasteiger partial charge in [-0.1, -0.05) is 23.7 Å². The van der Waals surface area contributed by atoms with Gasteiger partial charge in [0.2, 0.25) is 5.95 Å². The van der Waals surface area contributed by atoms with Crippen molar-refractivity contribution in [3.8, 4) is 5.95 Å². The van der Waals surface area contributed by atoms with E-state index < -0.39 is 11.5 Å². The fraction of sp³-hybridized carbons (Fsp3) is 0.118. The van der Waals surface area contributed by atoms with Crippen LogP contribution in [0.4, 0.5) is 0 Å². The molecule has 1 atom stereocenters. The molecule has 0 aliphatic rings. The largest absolute Gasteiger partial charge is 0.478 e. The zero-order valence-corrected chi connectivity index (χ0v) is 14.8. The summed E-state index contributed by atoms with van der Waals surface area (Å²) in [5, 5.41) is 17.8. The summed E-state index contributed by atoms with van der Waals surface area (Å²) in [5.74, 6) is -1.01. The number of aromatic carboxylic acids is 1. The lowest BCUT2D eigenvalue weighted by Crippen LogP contribution is -2.18. The van der Waals surface area contributed by atoms with E-state index in [0.29, 0.717) is 16.1 Å². The molecule has 0 spiro atoms. The number of hydrogen-bond acceptors (Lipinski definition) is 5. The van der Waals surface area contributed by atoms with E-state index in [0.717, 1.165) is 5.56 Å². The second-order valence-corrected chi connectivity index (χ2v) is 6.36. The van der Waals surface area contributed by atoms with Gasteiger partial charge in [0, 0.05) is 11.2 Å². The molecule has 3 heterocycles. The van der Waals surface area contributed by atoms with Crippen LogP contribution in [0.3, 0.4) is 0 Å². The number of carbonyl (C=O) groups is 1. The first-order valence-electron chi connectivity index (χ1n) is 7.95. The van der Waals surface area contributed by atoms with E-state index in [2.05, 4.69) is 20.2 Å². The fourth-order valence-electron chi connectivity index (χ4n) is 2.79. The van der Waals surface area contributed by atoms with E-state index in [1.165, 1.54) is 23.3 Å². The van der Waals surface area contributed by atoms with Gasteiger partial charge in [0.1, 0.15) is 5.52 Å². The van der Waals surface area contributed by atoms with Crippen LogP contribution in [-0.4, -0.2) is 40.6 Å². The Morgan fingerprint density at radius 2 is 1.96 bits per heavy atom. The summed E-state index contributed by atoms with van der Waals surface area (Å²) in [4.78, 5) is 30.6. The third-order valence-electron chi connectivity index (χ3n) is 4.21. The second kappa shape index (κ2) is 6.36. The molecule has 0 saturated carbocycles. The maximum Gasteiger partial charge on any atom is 0.338 e. The Bertz CT molecular complexity index is 1210. The van der Waals surface area contributed by atoms with Crippen LogP contribution in [0.25, 0.3) is 17.0 Å². The number of carboxylic acids is 1. The number of carboxylic acid groups (broad SMARTS) is 1. The molecule has 3 aromatic heterocycles. The minimum atomic E-state index is -1.12. The minimum absolute atomic E-state index is 0.00944. The smallest absolute Gasteiger partial charge is 0.338 e. The van der Waals surface area contributed by atoms with Crippen molar-refractivity contribution < 1.29 is 9.90 Å². The SMILES string of the molecule is CC(c1ccc(Cl)cc1)n1ncc2nc(-n3cc(C(=O)O)cn3)[nH]c(=O)c21. The van der Waals surface area contributed by atoms with Gasteiger partial charge in [0.15, 0.2) is 5.52 Å². The zero-order valence-electron chi connectivity index (χ0n) is 14.0. The Hall–Kier alpha value is -3.46. The summed E-state index contributed by atoms with van der Waals surface area (Å²) >= 11 is 5.93. The number of aromatic nitrogens is 6. The Kier molecular flexibility index (Phi) is 4.00. The first-order chi connectivity index (χ1) is 12.9. The van der Waals surface area contributed by atoms with E-state index >= 15 is 0 Å². The summed E-state index contributed by atoms with van der Waals surface area (Å²) in [6.07, 6.45) is 3.94. The molecule has 10 heteroatoms. The van der Waals surface area contributed by atoms with E-state index in [1.54, 1.807) is 16.8 Å². The van der Waals surface area contributed by atoms with Crippen LogP contribution in [0.1, 0.15) is 28.9 Å². The summed E-state index contributed by atoms with van der Waals surface area (Å²) in [5.41, 5.74) is 1.21. The van der Waals surface area contributed by atoms with Crippen molar-refractivity contribution in [2.75, 3.05) is 0 Å². The number of aromatic amines is 1. The summed E-state index contributed by atoms with van der Waals surface area (Å²) in [7, 11) is 0. The highest BCUT2D eigenvalue weighted by atomic mass is 35.5. The topological polar surface area (TPSA) is 119 Å². The molecule has 0 aliphatic carbocycles. The molecule has 0 radical (unpaired) electrons. The van der Waals surface area contributed by atoms with Crippen LogP contribution < -0.4 is 5.56 Å². The molecule has 2 N–H and O–H groups in total. The highest BCUT2D eigenvalue weighted by molar-refractivity contribution is 6.30. The number of fused-ring (bicyclic) bond motifs is 1. The molecule has 0 aliphatic heterocycles. The van der Waals surface area contributed by atoms with E-state index in [1.807, 2.05) is 19.1 Å². The van der Waals surface area contributed by atoms with E-state index in [-0.39, 0.29) is 17.6 Å². The predicted octanol–water partition coefficient (Wildman–Crippen LogP) is 2.27. The Balaban J connectivity index is 1.78. The maximum atomic E-state index is 12.7. The lowest BCUT2D eigenvalue weighted by Gasteiger charge is -2.13. The van der Waals surface area contributed by atoms with Gasteiger partial charge in [-0.15, -0.1) is 0 Å². The quantitative estimate of drug-likeness (QED) is 0.557. The summed E-state index contributed by atoms with van der Waals surface area (Å²) in [6.45, 7) is 1.91. The average Bonchev–Trinajstić information content (AvgIpc) is 3.29. The molecule has 136 valence electrons. The van der Waals surface area contributed by atoms with Crippen LogP contribution >= 0.6 is 11.6 Å². The number of H-pyrrole nitrogens is 1. The second-order valence-electron chi connectivity index (χ2n) is 5.92. The molecule has 4 rings (SSSR count). The number of rotatable bonds is 4. The van der Waals surface area contributed by atoms with Gasteiger partial charge in [-0.25, -0.2) is 14.5 Å². The lowest BCUT2D eigenvalue weighted by atomic mass is 10.1. The van der Waals surface area contributed by atoms with Crippen molar-refractivity contribution >= 4 is 28.6 Å². The molecule has 27 heavy (non-hydrogen) atoms. The van der Waals surface area contributed by atoms with Crippen LogP contribution in [0.15, 0.2) is 47.7 Å². The van der Waals surface area contributed by atoms with Crippen molar-refractivity contribution in [2.45, 2.75) is 13.0 Å². The molecule has 1 unspecified atom stereocenters. The van der Waals surface area contributed by atoms with Gasteiger partial charge in [-0.2, -0.15) is 10.2 Å². The lowest BCUT2D eigenvalue weighted by molar-refractivity contribution is 0.0697. The third-order valence-corrected chi connectivity index (χ3v) is 4.46. The number of hydrogen-bond donors (Lipinski definition) is 2. The van der Waals surface area contributed by atoms with Crippen LogP contribution in [0.5, 0.6) is 0 Å². The zero-order chi connectivity index (χ0) is 19.1. The highest BCUT2D eigenvalue weighted by Gasteiger charge is 2.17. The van der Waals surface area contributed by atoms with Gasteiger partial charge >= 0.3 is 5.97 Å². The van der Waals surface area contributed by atoms with Crippen molar-refractivity contribution in [2.24, 2.45) is 0 Å². The Morgan fingerprint density at radius 3 is 2.63 bits per heavy atom. The van der Waals surface area contributed by atoms with Crippen molar-refractivity contribution in [3.63, 3.8) is 0 Å². The molecule has 9 nitrogen and oxygen atoms in total. The number of benzene rings is 1. The normalized spacial score (nSPS) is 12.4. The Morgan fingerprint density at radius 1 is 1.22 bits per heavy atom. The molecule has 0 bridgehead atoms. The standard InChI is InChI=1S/C17H13ClN6O3/c1-9(10-2-4-12(18)5-3-10)24-14-13(7-20-24)21-17(22-15(14)25)23-8-11(6-19-23)16(26)27/h2-9H,1H3,(H,26,27)(H,21,22,25). The first-order valence-corrected chi connectivity index (χ1v) is 8.33. The third kappa shape index (κ3) is 2.97. The van der Waals surface area contributed by atoms with Crippen LogP contribution in [0.2, 0.25) is 5.02 Å². The Labute approximate surface area is 156 Å². The summed E-state index contributed by atoms with van der Waals surface area (Å²) < 4.78 is 2.78. The van der Waals surface area contributed by atoms with Gasteiger partial charge in [0.25, 0.3) is 5.56 Å². The molecule has 0 saturated heterocycles. The molecule has 0 fully saturated rings. The van der Waals surface area contributed by atoms with Gasteiger partial charge in [0.05, 0.1) is 24.0 Å². The van der Waals surface area contributed by atoms with Gasteiger partial charge in [-0.05, 0) is 24.6 Å². The molecule has 1 aromatic carbocycles. The predicted molar refractivity (Wildman–Crippen MR) is 97.5 cm³/mol. The van der Waals surface area contributed by atoms with Crippen molar-refractivity contribution in [1.82, 2.24) is 29.5 Å². The molecular weight excluding hydrogens is 372 g/mol. The minimum Gasteiger partial charge on any atom is -0.478 e. The number of nitrogens with one attached hydrogen (secondary N) is 1. The fourth-order valence-corrected chi connectivity index (χ4v) is 2.92. The van der Waals surface area contributed by atoms with E-state index in [4.69, 9.17) is 16.7 Å². The van der Waals surface area contributed by atoms with Crippen molar-refractivity contribution in [1.29, 1.82) is 0 Å². The van der Waals surface area contributed by atoms with Gasteiger partial charge < -0.3 is 5.11 Å². The van der Waals surface area contributed by atoms with Crippen LogP contribution in [0, 0.1) is 0 Å². The van der Waals surface area contributed by atoms with Crippen molar-refractivity contribution in [3.05, 3.63) is 69.4 Å². The number of nitrogens with zero attached hydrogens (tertiary/aromatic N) is 5. The maximum absolute atomic E-state index is 12.7.